The van der Waals surface area contributed by atoms with Crippen molar-refractivity contribution < 1.29 is 9.53 Å². The summed E-state index contributed by atoms with van der Waals surface area (Å²) in [6, 6.07) is 15.3. The first kappa shape index (κ1) is 18.7. The van der Waals surface area contributed by atoms with E-state index in [-0.39, 0.29) is 18.2 Å². The lowest BCUT2D eigenvalue weighted by Crippen LogP contribution is -2.52. The van der Waals surface area contributed by atoms with Crippen molar-refractivity contribution in [2.45, 2.75) is 70.7 Å². The van der Waals surface area contributed by atoms with Gasteiger partial charge in [-0.3, -0.25) is 0 Å². The molecule has 4 nitrogen and oxygen atoms in total. The molecule has 4 heteroatoms. The van der Waals surface area contributed by atoms with Crippen LogP contribution in [0.1, 0.15) is 52.0 Å². The van der Waals surface area contributed by atoms with Gasteiger partial charge in [0.1, 0.15) is 5.60 Å². The number of carbonyl (C=O) groups is 1. The van der Waals surface area contributed by atoms with Gasteiger partial charge in [-0.05, 0) is 49.9 Å². The maximum atomic E-state index is 12.2. The zero-order chi connectivity index (χ0) is 18.6. The minimum Gasteiger partial charge on any atom is -0.444 e. The zero-order valence-electron chi connectivity index (χ0n) is 16.0. The summed E-state index contributed by atoms with van der Waals surface area (Å²) in [5.41, 5.74) is 0.828. The van der Waals surface area contributed by atoms with Crippen LogP contribution in [0.3, 0.4) is 0 Å². The number of rotatable bonds is 4. The van der Waals surface area contributed by atoms with E-state index in [4.69, 9.17) is 4.74 Å². The highest BCUT2D eigenvalue weighted by Gasteiger charge is 2.28. The van der Waals surface area contributed by atoms with Crippen molar-refractivity contribution in [3.63, 3.8) is 0 Å². The van der Waals surface area contributed by atoms with Gasteiger partial charge in [0, 0.05) is 18.6 Å². The van der Waals surface area contributed by atoms with Crippen LogP contribution in [0.25, 0.3) is 10.8 Å². The van der Waals surface area contributed by atoms with Gasteiger partial charge in [0.25, 0.3) is 0 Å². The molecule has 2 atom stereocenters. The van der Waals surface area contributed by atoms with Crippen molar-refractivity contribution in [1.82, 2.24) is 10.6 Å². The van der Waals surface area contributed by atoms with E-state index >= 15 is 0 Å². The van der Waals surface area contributed by atoms with Crippen molar-refractivity contribution >= 4 is 16.9 Å². The van der Waals surface area contributed by atoms with Crippen molar-refractivity contribution in [1.29, 1.82) is 0 Å². The average Bonchev–Trinajstić information content (AvgIpc) is 2.59. The zero-order valence-corrected chi connectivity index (χ0v) is 16.0. The van der Waals surface area contributed by atoms with Gasteiger partial charge in [-0.2, -0.15) is 0 Å². The highest BCUT2D eigenvalue weighted by Crippen LogP contribution is 2.22. The summed E-state index contributed by atoms with van der Waals surface area (Å²) < 4.78 is 5.43. The number of hydrogen-bond donors (Lipinski definition) is 2. The summed E-state index contributed by atoms with van der Waals surface area (Å²) in [7, 11) is 0. The maximum absolute atomic E-state index is 12.2. The maximum Gasteiger partial charge on any atom is 0.407 e. The third kappa shape index (κ3) is 4.98. The first-order valence-electron chi connectivity index (χ1n) is 9.62. The minimum atomic E-state index is -0.468. The number of carbonyl (C=O) groups excluding carboxylic acids is 1. The topological polar surface area (TPSA) is 50.4 Å². The Morgan fingerprint density at radius 3 is 2.50 bits per heavy atom. The fraction of sp³-hybridized carbons (Fsp3) is 0.500. The Bertz CT molecular complexity index is 746. The van der Waals surface area contributed by atoms with Crippen molar-refractivity contribution in [3.05, 3.63) is 48.0 Å². The lowest BCUT2D eigenvalue weighted by Gasteiger charge is -2.33. The highest BCUT2D eigenvalue weighted by molar-refractivity contribution is 5.85. The van der Waals surface area contributed by atoms with E-state index in [9.17, 15) is 4.79 Å². The van der Waals surface area contributed by atoms with Crippen LogP contribution < -0.4 is 10.6 Å². The second-order valence-electron chi connectivity index (χ2n) is 8.16. The molecule has 1 saturated carbocycles. The number of nitrogens with one attached hydrogen (secondary N) is 2. The largest absolute Gasteiger partial charge is 0.444 e. The van der Waals surface area contributed by atoms with Gasteiger partial charge in [0.2, 0.25) is 0 Å². The molecule has 0 aromatic heterocycles. The lowest BCUT2D eigenvalue weighted by atomic mass is 9.90. The van der Waals surface area contributed by atoms with Crippen LogP contribution in [0.5, 0.6) is 0 Å². The third-order valence-electron chi connectivity index (χ3n) is 4.90. The molecule has 140 valence electrons. The predicted octanol–water partition coefficient (Wildman–Crippen LogP) is 4.77. The molecule has 26 heavy (non-hydrogen) atoms. The van der Waals surface area contributed by atoms with Gasteiger partial charge >= 0.3 is 6.09 Å². The molecule has 0 aliphatic heterocycles. The molecule has 0 unspecified atom stereocenters. The molecule has 1 aliphatic rings. The molecule has 3 rings (SSSR count). The van der Waals surface area contributed by atoms with Crippen molar-refractivity contribution in [2.24, 2.45) is 0 Å². The second kappa shape index (κ2) is 8.09. The molecule has 2 aromatic carbocycles. The van der Waals surface area contributed by atoms with E-state index < -0.39 is 5.60 Å². The number of amides is 1. The Balaban J connectivity index is 1.64. The van der Waals surface area contributed by atoms with Gasteiger partial charge < -0.3 is 15.4 Å². The van der Waals surface area contributed by atoms with Crippen LogP contribution in [0.15, 0.2) is 42.5 Å². The predicted molar refractivity (Wildman–Crippen MR) is 106 cm³/mol. The van der Waals surface area contributed by atoms with Crippen LogP contribution in [0, 0.1) is 0 Å². The van der Waals surface area contributed by atoms with Crippen LogP contribution >= 0.6 is 0 Å². The molecular formula is C22H30N2O2. The average molecular weight is 354 g/mol. The number of benzene rings is 2. The van der Waals surface area contributed by atoms with Gasteiger partial charge in [-0.25, -0.2) is 4.79 Å². The molecule has 2 aromatic rings. The van der Waals surface area contributed by atoms with E-state index in [0.29, 0.717) is 0 Å². The van der Waals surface area contributed by atoms with E-state index in [1.54, 1.807) is 0 Å². The van der Waals surface area contributed by atoms with E-state index in [0.717, 1.165) is 25.8 Å². The number of alkyl carbamates (subject to hydrolysis) is 1. The van der Waals surface area contributed by atoms with Crippen LogP contribution in [-0.4, -0.2) is 23.8 Å². The fourth-order valence-corrected chi connectivity index (χ4v) is 3.69. The van der Waals surface area contributed by atoms with Crippen molar-refractivity contribution in [2.75, 3.05) is 0 Å². The molecular weight excluding hydrogens is 324 g/mol. The normalized spacial score (nSPS) is 20.7. The summed E-state index contributed by atoms with van der Waals surface area (Å²) in [6.45, 7) is 6.48. The molecule has 2 N–H and O–H groups in total. The molecule has 0 heterocycles. The van der Waals surface area contributed by atoms with E-state index in [2.05, 4.69) is 53.1 Å². The number of hydrogen-bond acceptors (Lipinski definition) is 3. The second-order valence-corrected chi connectivity index (χ2v) is 8.16. The smallest absolute Gasteiger partial charge is 0.407 e. The highest BCUT2D eigenvalue weighted by atomic mass is 16.6. The molecule has 1 amide bonds. The van der Waals surface area contributed by atoms with Gasteiger partial charge in [-0.1, -0.05) is 55.3 Å². The quantitative estimate of drug-likeness (QED) is 0.832. The Hall–Kier alpha value is -2.07. The summed E-state index contributed by atoms with van der Waals surface area (Å²) >= 11 is 0. The third-order valence-corrected chi connectivity index (χ3v) is 4.90. The Morgan fingerprint density at radius 2 is 1.73 bits per heavy atom. The Labute approximate surface area is 156 Å². The fourth-order valence-electron chi connectivity index (χ4n) is 3.69. The van der Waals surface area contributed by atoms with Crippen LogP contribution in [0.2, 0.25) is 0 Å². The van der Waals surface area contributed by atoms with E-state index in [1.807, 2.05) is 20.8 Å². The van der Waals surface area contributed by atoms with E-state index in [1.165, 1.54) is 22.8 Å². The molecule has 0 spiro atoms. The molecule has 0 radical (unpaired) electrons. The monoisotopic (exact) mass is 354 g/mol. The van der Waals surface area contributed by atoms with Gasteiger partial charge in [0.15, 0.2) is 0 Å². The summed E-state index contributed by atoms with van der Waals surface area (Å²) in [6.07, 6.45) is 4.09. The standard InChI is InChI=1S/C22H30N2O2/c1-22(2,3)26-21(25)24-20-14-7-6-13-19(20)23-15-17-11-8-10-16-9-4-5-12-18(16)17/h4-5,8-12,19-20,23H,6-7,13-15H2,1-3H3,(H,24,25)/t19-,20-/m0/s1. The van der Waals surface area contributed by atoms with Crippen LogP contribution in [-0.2, 0) is 11.3 Å². The van der Waals surface area contributed by atoms with Crippen LogP contribution in [0.4, 0.5) is 4.79 Å². The molecule has 0 bridgehead atoms. The Kier molecular flexibility index (Phi) is 5.82. The van der Waals surface area contributed by atoms with Crippen molar-refractivity contribution in [3.8, 4) is 0 Å². The molecule has 1 aliphatic carbocycles. The summed E-state index contributed by atoms with van der Waals surface area (Å²) in [5, 5.41) is 9.30. The lowest BCUT2D eigenvalue weighted by molar-refractivity contribution is 0.0479. The summed E-state index contributed by atoms with van der Waals surface area (Å²) in [5.74, 6) is 0. The first-order valence-corrected chi connectivity index (χ1v) is 9.62. The molecule has 0 saturated heterocycles. The Morgan fingerprint density at radius 1 is 1.04 bits per heavy atom. The van der Waals surface area contributed by atoms with Gasteiger partial charge in [-0.15, -0.1) is 0 Å². The molecule has 1 fully saturated rings. The van der Waals surface area contributed by atoms with Gasteiger partial charge in [0.05, 0.1) is 0 Å². The SMILES string of the molecule is CC(C)(C)OC(=O)N[C@H]1CCCC[C@@H]1NCc1cccc2ccccc12. The minimum absolute atomic E-state index is 0.119. The number of ether oxygens (including phenoxy) is 1. The summed E-state index contributed by atoms with van der Waals surface area (Å²) in [4.78, 5) is 12.2. The number of fused-ring (bicyclic) bond motifs is 1. The first-order chi connectivity index (χ1) is 12.4.